The quantitative estimate of drug-likeness (QED) is 0.667. The Labute approximate surface area is 154 Å². The zero-order chi connectivity index (χ0) is 19.1. The van der Waals surface area contributed by atoms with Crippen LogP contribution in [0.2, 0.25) is 0 Å². The highest BCUT2D eigenvalue weighted by Crippen LogP contribution is 2.16. The Morgan fingerprint density at radius 1 is 0.963 bits per heavy atom. The van der Waals surface area contributed by atoms with Crippen LogP contribution in [0.15, 0.2) is 59.0 Å². The molecule has 0 saturated heterocycles. The molecular weight excluding hydrogens is 351 g/mol. The first-order chi connectivity index (χ1) is 13.1. The molecule has 0 fully saturated rings. The Morgan fingerprint density at radius 3 is 2.44 bits per heavy atom. The zero-order valence-electron chi connectivity index (χ0n) is 14.3. The van der Waals surface area contributed by atoms with Crippen molar-refractivity contribution in [3.63, 3.8) is 0 Å². The maximum Gasteiger partial charge on any atom is 0.251 e. The van der Waals surface area contributed by atoms with Crippen LogP contribution in [0.1, 0.15) is 22.7 Å². The number of nitrogens with zero attached hydrogens (tertiary/aromatic N) is 2. The summed E-state index contributed by atoms with van der Waals surface area (Å²) in [5.41, 5.74) is 1.13. The SMILES string of the molecule is O=C(CCNC(=O)c1ccc(F)cc1)NCc1nnc(-c2ccccc2)o1. The average molecular weight is 368 g/mol. The smallest absolute Gasteiger partial charge is 0.251 e. The molecule has 0 radical (unpaired) electrons. The van der Waals surface area contributed by atoms with Crippen molar-refractivity contribution in [1.29, 1.82) is 0 Å². The van der Waals surface area contributed by atoms with Gasteiger partial charge in [0.15, 0.2) is 0 Å². The first-order valence-corrected chi connectivity index (χ1v) is 8.30. The molecular formula is C19H17FN4O3. The summed E-state index contributed by atoms with van der Waals surface area (Å²) >= 11 is 0. The summed E-state index contributed by atoms with van der Waals surface area (Å²) in [4.78, 5) is 23.7. The molecule has 0 spiro atoms. The highest BCUT2D eigenvalue weighted by atomic mass is 19.1. The number of aromatic nitrogens is 2. The number of carbonyl (C=O) groups excluding carboxylic acids is 2. The van der Waals surface area contributed by atoms with Crippen LogP contribution in [-0.2, 0) is 11.3 Å². The van der Waals surface area contributed by atoms with Gasteiger partial charge < -0.3 is 15.1 Å². The molecule has 0 unspecified atom stereocenters. The molecule has 0 bridgehead atoms. The van der Waals surface area contributed by atoms with E-state index in [1.807, 2.05) is 30.3 Å². The molecule has 0 aliphatic rings. The van der Waals surface area contributed by atoms with Crippen molar-refractivity contribution >= 4 is 11.8 Å². The van der Waals surface area contributed by atoms with E-state index in [0.29, 0.717) is 11.5 Å². The maximum absolute atomic E-state index is 12.8. The molecule has 0 aliphatic heterocycles. The molecule has 1 aromatic heterocycles. The Bertz CT molecular complexity index is 910. The van der Waals surface area contributed by atoms with E-state index in [9.17, 15) is 14.0 Å². The number of benzene rings is 2. The number of rotatable bonds is 7. The molecule has 8 heteroatoms. The minimum Gasteiger partial charge on any atom is -0.419 e. The van der Waals surface area contributed by atoms with Gasteiger partial charge in [-0.2, -0.15) is 0 Å². The molecule has 3 aromatic rings. The van der Waals surface area contributed by atoms with Crippen molar-refractivity contribution in [2.24, 2.45) is 0 Å². The van der Waals surface area contributed by atoms with Gasteiger partial charge in [-0.15, -0.1) is 10.2 Å². The first kappa shape index (κ1) is 18.2. The van der Waals surface area contributed by atoms with Crippen LogP contribution in [0.3, 0.4) is 0 Å². The molecule has 7 nitrogen and oxygen atoms in total. The third-order valence-corrected chi connectivity index (χ3v) is 3.67. The monoisotopic (exact) mass is 368 g/mol. The lowest BCUT2D eigenvalue weighted by Crippen LogP contribution is -2.30. The van der Waals surface area contributed by atoms with Crippen LogP contribution in [0.4, 0.5) is 4.39 Å². The fourth-order valence-electron chi connectivity index (χ4n) is 2.28. The first-order valence-electron chi connectivity index (χ1n) is 8.30. The second-order valence-electron chi connectivity index (χ2n) is 5.66. The normalized spacial score (nSPS) is 10.4. The fraction of sp³-hybridized carbons (Fsp3) is 0.158. The highest BCUT2D eigenvalue weighted by molar-refractivity contribution is 5.94. The minimum atomic E-state index is -0.414. The molecule has 2 amide bonds. The van der Waals surface area contributed by atoms with Crippen LogP contribution in [0, 0.1) is 5.82 Å². The van der Waals surface area contributed by atoms with Crippen LogP contribution in [0.25, 0.3) is 11.5 Å². The van der Waals surface area contributed by atoms with Gasteiger partial charge in [0.25, 0.3) is 5.91 Å². The van der Waals surface area contributed by atoms with E-state index in [2.05, 4.69) is 20.8 Å². The predicted octanol–water partition coefficient (Wildman–Crippen LogP) is 2.31. The minimum absolute atomic E-state index is 0.0899. The van der Waals surface area contributed by atoms with Gasteiger partial charge in [-0.05, 0) is 36.4 Å². The Balaban J connectivity index is 1.40. The van der Waals surface area contributed by atoms with Gasteiger partial charge in [-0.1, -0.05) is 18.2 Å². The zero-order valence-corrected chi connectivity index (χ0v) is 14.3. The fourth-order valence-corrected chi connectivity index (χ4v) is 2.28. The number of hydrogen-bond donors (Lipinski definition) is 2. The van der Waals surface area contributed by atoms with E-state index in [1.165, 1.54) is 24.3 Å². The third-order valence-electron chi connectivity index (χ3n) is 3.67. The molecule has 27 heavy (non-hydrogen) atoms. The molecule has 2 N–H and O–H groups in total. The summed E-state index contributed by atoms with van der Waals surface area (Å²) in [5, 5.41) is 13.1. The van der Waals surface area contributed by atoms with Gasteiger partial charge in [0.2, 0.25) is 17.7 Å². The lowest BCUT2D eigenvalue weighted by molar-refractivity contribution is -0.121. The standard InChI is InChI=1S/C19H17FN4O3/c20-15-8-6-13(7-9-15)18(26)21-11-10-16(25)22-12-17-23-24-19(27-17)14-4-2-1-3-5-14/h1-9H,10-12H2,(H,21,26)(H,22,25). The summed E-state index contributed by atoms with van der Waals surface area (Å²) < 4.78 is 18.3. The molecule has 1 heterocycles. The van der Waals surface area contributed by atoms with Crippen LogP contribution < -0.4 is 10.6 Å². The largest absolute Gasteiger partial charge is 0.419 e. The van der Waals surface area contributed by atoms with E-state index >= 15 is 0 Å². The van der Waals surface area contributed by atoms with Gasteiger partial charge in [0.05, 0.1) is 6.54 Å². The van der Waals surface area contributed by atoms with Crippen LogP contribution in [0.5, 0.6) is 0 Å². The third kappa shape index (κ3) is 5.21. The van der Waals surface area contributed by atoms with Crippen molar-refractivity contribution in [2.75, 3.05) is 6.54 Å². The number of halogens is 1. The number of nitrogens with one attached hydrogen (secondary N) is 2. The predicted molar refractivity (Wildman–Crippen MR) is 94.9 cm³/mol. The highest BCUT2D eigenvalue weighted by Gasteiger charge is 2.10. The molecule has 138 valence electrons. The van der Waals surface area contributed by atoms with E-state index in [4.69, 9.17) is 4.42 Å². The molecule has 0 atom stereocenters. The van der Waals surface area contributed by atoms with Gasteiger partial charge >= 0.3 is 0 Å². The van der Waals surface area contributed by atoms with Gasteiger partial charge in [-0.3, -0.25) is 9.59 Å². The van der Waals surface area contributed by atoms with Crippen molar-refractivity contribution < 1.29 is 18.4 Å². The summed E-state index contributed by atoms with van der Waals surface area (Å²) in [5.74, 6) is -0.382. The van der Waals surface area contributed by atoms with Gasteiger partial charge in [0, 0.05) is 24.1 Å². The summed E-state index contributed by atoms with van der Waals surface area (Å²) in [7, 11) is 0. The topological polar surface area (TPSA) is 97.1 Å². The van der Waals surface area contributed by atoms with Crippen LogP contribution in [-0.4, -0.2) is 28.6 Å². The Hall–Kier alpha value is -3.55. The summed E-state index contributed by atoms with van der Waals surface area (Å²) in [6.45, 7) is 0.256. The van der Waals surface area contributed by atoms with E-state index in [0.717, 1.165) is 5.56 Å². The summed E-state index contributed by atoms with van der Waals surface area (Å²) in [6, 6.07) is 14.5. The Morgan fingerprint density at radius 2 is 1.70 bits per heavy atom. The molecule has 3 rings (SSSR count). The maximum atomic E-state index is 12.8. The number of amides is 2. The lowest BCUT2D eigenvalue weighted by atomic mass is 10.2. The molecule has 0 saturated carbocycles. The summed E-state index contributed by atoms with van der Waals surface area (Å²) in [6.07, 6.45) is 0.0899. The Kier molecular flexibility index (Phi) is 5.88. The molecule has 2 aromatic carbocycles. The van der Waals surface area contributed by atoms with Crippen molar-refractivity contribution in [1.82, 2.24) is 20.8 Å². The van der Waals surface area contributed by atoms with Crippen molar-refractivity contribution in [3.05, 3.63) is 71.9 Å². The van der Waals surface area contributed by atoms with E-state index in [1.54, 1.807) is 0 Å². The number of hydrogen-bond acceptors (Lipinski definition) is 5. The lowest BCUT2D eigenvalue weighted by Gasteiger charge is -2.05. The molecule has 0 aliphatic carbocycles. The van der Waals surface area contributed by atoms with Crippen molar-refractivity contribution in [3.8, 4) is 11.5 Å². The second-order valence-corrected chi connectivity index (χ2v) is 5.66. The van der Waals surface area contributed by atoms with Gasteiger partial charge in [-0.25, -0.2) is 4.39 Å². The van der Waals surface area contributed by atoms with Gasteiger partial charge in [0.1, 0.15) is 5.82 Å². The second kappa shape index (κ2) is 8.70. The van der Waals surface area contributed by atoms with E-state index < -0.39 is 5.82 Å². The van der Waals surface area contributed by atoms with Crippen LogP contribution >= 0.6 is 0 Å². The van der Waals surface area contributed by atoms with E-state index in [-0.39, 0.29) is 37.2 Å². The number of carbonyl (C=O) groups is 2. The average Bonchev–Trinajstić information content (AvgIpc) is 3.16. The van der Waals surface area contributed by atoms with Crippen molar-refractivity contribution in [2.45, 2.75) is 13.0 Å².